The van der Waals surface area contributed by atoms with Crippen molar-refractivity contribution in [3.05, 3.63) is 40.6 Å². The molecule has 1 aromatic carbocycles. The van der Waals surface area contributed by atoms with Crippen molar-refractivity contribution < 1.29 is 0 Å². The van der Waals surface area contributed by atoms with Gasteiger partial charge in [0, 0.05) is 41.9 Å². The molecular weight excluding hydrogens is 278 g/mol. The number of hydrogen-bond donors (Lipinski definition) is 1. The van der Waals surface area contributed by atoms with E-state index in [1.165, 1.54) is 5.69 Å². The first-order chi connectivity index (χ1) is 8.24. The van der Waals surface area contributed by atoms with Crippen LogP contribution in [0.1, 0.15) is 5.69 Å². The molecule has 0 aliphatic carbocycles. The molecule has 17 heavy (non-hydrogen) atoms. The van der Waals surface area contributed by atoms with Gasteiger partial charge < -0.3 is 9.88 Å². The zero-order valence-electron chi connectivity index (χ0n) is 10.1. The fourth-order valence-corrected chi connectivity index (χ4v) is 2.29. The number of nitrogens with zero attached hydrogens (tertiary/aromatic N) is 2. The molecule has 1 N–H and O–H groups in total. The first-order valence-corrected chi connectivity index (χ1v) is 6.43. The number of hydrogen-bond acceptors (Lipinski definition) is 2. The van der Waals surface area contributed by atoms with Crippen molar-refractivity contribution >= 4 is 15.9 Å². The maximum atomic E-state index is 4.50. The van der Waals surface area contributed by atoms with E-state index < -0.39 is 0 Å². The average Bonchev–Trinajstić information content (AvgIpc) is 2.69. The highest BCUT2D eigenvalue weighted by atomic mass is 79.9. The molecular formula is C13H16BrN3. The summed E-state index contributed by atoms with van der Waals surface area (Å²) in [7, 11) is 4.03. The molecule has 0 saturated carbocycles. The van der Waals surface area contributed by atoms with E-state index in [4.69, 9.17) is 0 Å². The van der Waals surface area contributed by atoms with Gasteiger partial charge in [-0.1, -0.05) is 34.1 Å². The minimum atomic E-state index is 0.967. The number of imidazole rings is 1. The van der Waals surface area contributed by atoms with Gasteiger partial charge in [-0.15, -0.1) is 0 Å². The zero-order chi connectivity index (χ0) is 12.3. The van der Waals surface area contributed by atoms with Crippen molar-refractivity contribution in [3.63, 3.8) is 0 Å². The highest BCUT2D eigenvalue weighted by molar-refractivity contribution is 9.10. The van der Waals surface area contributed by atoms with Crippen LogP contribution in [0.15, 0.2) is 34.9 Å². The molecule has 0 atom stereocenters. The summed E-state index contributed by atoms with van der Waals surface area (Å²) in [6.45, 7) is 0.967. The van der Waals surface area contributed by atoms with Crippen molar-refractivity contribution in [2.45, 2.75) is 6.42 Å². The van der Waals surface area contributed by atoms with Crippen molar-refractivity contribution in [2.75, 3.05) is 13.6 Å². The molecule has 1 heterocycles. The molecule has 0 amide bonds. The summed E-state index contributed by atoms with van der Waals surface area (Å²) in [6.07, 6.45) is 2.94. The van der Waals surface area contributed by atoms with Crippen LogP contribution in [0, 0.1) is 0 Å². The third-order valence-corrected chi connectivity index (χ3v) is 3.52. The van der Waals surface area contributed by atoms with Gasteiger partial charge in [-0.05, 0) is 13.1 Å². The lowest BCUT2D eigenvalue weighted by Gasteiger charge is -2.07. The lowest BCUT2D eigenvalue weighted by atomic mass is 10.2. The summed E-state index contributed by atoms with van der Waals surface area (Å²) in [4.78, 5) is 4.50. The summed E-state index contributed by atoms with van der Waals surface area (Å²) < 4.78 is 3.23. The fourth-order valence-electron chi connectivity index (χ4n) is 1.82. The number of aromatic nitrogens is 2. The fraction of sp³-hybridized carbons (Fsp3) is 0.308. The van der Waals surface area contributed by atoms with Crippen LogP contribution in [0.2, 0.25) is 0 Å². The van der Waals surface area contributed by atoms with Gasteiger partial charge in [-0.25, -0.2) is 4.98 Å². The SMILES string of the molecule is CNCCc1cnc(-c2ccccc2Br)n1C. The molecule has 0 fully saturated rings. The van der Waals surface area contributed by atoms with Gasteiger partial charge in [0.2, 0.25) is 0 Å². The Kier molecular flexibility index (Phi) is 3.97. The van der Waals surface area contributed by atoms with Crippen molar-refractivity contribution in [2.24, 2.45) is 7.05 Å². The Hall–Kier alpha value is -1.13. The molecule has 3 nitrogen and oxygen atoms in total. The van der Waals surface area contributed by atoms with Gasteiger partial charge in [0.05, 0.1) is 0 Å². The smallest absolute Gasteiger partial charge is 0.140 e. The van der Waals surface area contributed by atoms with Gasteiger partial charge in [-0.3, -0.25) is 0 Å². The van der Waals surface area contributed by atoms with Gasteiger partial charge in [0.25, 0.3) is 0 Å². The summed E-state index contributed by atoms with van der Waals surface area (Å²) in [6, 6.07) is 8.16. The normalized spacial score (nSPS) is 10.8. The van der Waals surface area contributed by atoms with Crippen LogP contribution in [0.25, 0.3) is 11.4 Å². The van der Waals surface area contributed by atoms with E-state index >= 15 is 0 Å². The second-order valence-corrected chi connectivity index (χ2v) is 4.82. The average molecular weight is 294 g/mol. The summed E-state index contributed by atoms with van der Waals surface area (Å²) in [5, 5.41) is 3.15. The standard InChI is InChI=1S/C13H16BrN3/c1-15-8-7-10-9-16-13(17(10)2)11-5-3-4-6-12(11)14/h3-6,9,15H,7-8H2,1-2H3. The van der Waals surface area contributed by atoms with Crippen LogP contribution in [0.5, 0.6) is 0 Å². The highest BCUT2D eigenvalue weighted by Gasteiger charge is 2.10. The Labute approximate surface area is 110 Å². The number of likely N-dealkylation sites (N-methyl/N-ethyl adjacent to an activating group) is 1. The molecule has 0 unspecified atom stereocenters. The van der Waals surface area contributed by atoms with Crippen LogP contribution in [-0.4, -0.2) is 23.1 Å². The van der Waals surface area contributed by atoms with Crippen LogP contribution < -0.4 is 5.32 Å². The summed E-state index contributed by atoms with van der Waals surface area (Å²) in [5.74, 6) is 1.00. The number of benzene rings is 1. The van der Waals surface area contributed by atoms with Gasteiger partial charge in [-0.2, -0.15) is 0 Å². The second-order valence-electron chi connectivity index (χ2n) is 3.97. The molecule has 0 radical (unpaired) electrons. The maximum Gasteiger partial charge on any atom is 0.140 e. The summed E-state index contributed by atoms with van der Waals surface area (Å²) in [5.41, 5.74) is 2.37. The van der Waals surface area contributed by atoms with Gasteiger partial charge in [0.1, 0.15) is 5.82 Å². The minimum Gasteiger partial charge on any atom is -0.331 e. The number of rotatable bonds is 4. The van der Waals surface area contributed by atoms with Crippen molar-refractivity contribution in [1.82, 2.24) is 14.9 Å². The molecule has 0 aliphatic rings. The first-order valence-electron chi connectivity index (χ1n) is 5.64. The van der Waals surface area contributed by atoms with E-state index in [-0.39, 0.29) is 0 Å². The predicted molar refractivity (Wildman–Crippen MR) is 74.0 cm³/mol. The van der Waals surface area contributed by atoms with Crippen LogP contribution >= 0.6 is 15.9 Å². The van der Waals surface area contributed by atoms with E-state index in [0.29, 0.717) is 0 Å². The number of nitrogens with one attached hydrogen (secondary N) is 1. The van der Waals surface area contributed by atoms with Crippen LogP contribution in [0.3, 0.4) is 0 Å². The monoisotopic (exact) mass is 293 g/mol. The van der Waals surface area contributed by atoms with Gasteiger partial charge in [0.15, 0.2) is 0 Å². The van der Waals surface area contributed by atoms with Crippen LogP contribution in [-0.2, 0) is 13.5 Å². The molecule has 2 aromatic rings. The van der Waals surface area contributed by atoms with E-state index in [0.717, 1.165) is 28.8 Å². The molecule has 0 saturated heterocycles. The molecule has 4 heteroatoms. The van der Waals surface area contributed by atoms with E-state index in [1.807, 2.05) is 31.4 Å². The van der Waals surface area contributed by atoms with Crippen LogP contribution in [0.4, 0.5) is 0 Å². The Morgan fingerprint density at radius 2 is 2.12 bits per heavy atom. The van der Waals surface area contributed by atoms with E-state index in [1.54, 1.807) is 0 Å². The Bertz CT molecular complexity index is 505. The largest absolute Gasteiger partial charge is 0.331 e. The lowest BCUT2D eigenvalue weighted by Crippen LogP contribution is -2.12. The highest BCUT2D eigenvalue weighted by Crippen LogP contribution is 2.26. The topological polar surface area (TPSA) is 29.9 Å². The predicted octanol–water partition coefficient (Wildman–Crippen LogP) is 2.61. The Morgan fingerprint density at radius 3 is 2.82 bits per heavy atom. The molecule has 0 aliphatic heterocycles. The molecule has 90 valence electrons. The lowest BCUT2D eigenvalue weighted by molar-refractivity contribution is 0.740. The Morgan fingerprint density at radius 1 is 1.35 bits per heavy atom. The summed E-state index contributed by atoms with van der Waals surface area (Å²) >= 11 is 3.56. The van der Waals surface area contributed by atoms with E-state index in [9.17, 15) is 0 Å². The van der Waals surface area contributed by atoms with Gasteiger partial charge >= 0.3 is 0 Å². The third kappa shape index (κ3) is 2.58. The van der Waals surface area contributed by atoms with E-state index in [2.05, 4.69) is 43.9 Å². The Balaban J connectivity index is 2.34. The first kappa shape index (κ1) is 12.3. The third-order valence-electron chi connectivity index (χ3n) is 2.83. The molecule has 0 bridgehead atoms. The minimum absolute atomic E-state index is 0.967. The molecule has 0 spiro atoms. The van der Waals surface area contributed by atoms with Crippen molar-refractivity contribution in [1.29, 1.82) is 0 Å². The number of halogens is 1. The quantitative estimate of drug-likeness (QED) is 0.939. The second kappa shape index (κ2) is 5.47. The molecule has 1 aromatic heterocycles. The van der Waals surface area contributed by atoms with Crippen molar-refractivity contribution in [3.8, 4) is 11.4 Å². The zero-order valence-corrected chi connectivity index (χ0v) is 11.7. The maximum absolute atomic E-state index is 4.50. The molecule has 2 rings (SSSR count).